The van der Waals surface area contributed by atoms with Crippen molar-refractivity contribution in [1.29, 1.82) is 0 Å². The van der Waals surface area contributed by atoms with Crippen LogP contribution in [0.5, 0.6) is 0 Å². The van der Waals surface area contributed by atoms with Crippen LogP contribution in [0, 0.1) is 5.92 Å². The summed E-state index contributed by atoms with van der Waals surface area (Å²) in [5, 5.41) is 33.2. The predicted molar refractivity (Wildman–Crippen MR) is 188 cm³/mol. The molecule has 0 aliphatic rings. The molecule has 0 saturated heterocycles. The number of ether oxygens (including phenoxy) is 2. The van der Waals surface area contributed by atoms with Crippen molar-refractivity contribution >= 4 is 53.5 Å². The number of thioether (sulfide) groups is 1. The zero-order chi connectivity index (χ0) is 40.3. The molecule has 1 rings (SSSR count). The zero-order valence-electron chi connectivity index (χ0n) is 29.2. The van der Waals surface area contributed by atoms with Crippen molar-refractivity contribution in [3.63, 3.8) is 0 Å². The Hall–Kier alpha value is -4.18. The van der Waals surface area contributed by atoms with Crippen molar-refractivity contribution in [3.05, 3.63) is 35.9 Å². The second-order valence-corrected chi connectivity index (χ2v) is 12.2. The number of esters is 3. The number of hydrogen-bond donors (Lipinski definition) is 10. The van der Waals surface area contributed by atoms with Crippen LogP contribution in [0.2, 0.25) is 0 Å². The standard InChI is InChI=1S/C9H18N2O4.C9H11NO2.C8H16N2O3S.C5H9NO4/c1-5(2)3-6(10)9(14)15-4-7(11)8(12)13;10-8(9(11)12)6-7-4-2-1-3-5-7;1-5(9)7(11)13-8(12)6(10)3-4-14-2;6-3(5(9)10)1-2-4(7)8/h5-7H,3-4,10-11H2,1-2H3,(H,12,13);1-5,8H,6,10H2,(H,11,12);5-6H,3-4,9-10H2,1-2H3;3H,1-2,6H2,(H,7,8)(H,9,10)/t6-,7-;8-;5-,6-;3-/m0000/s1. The van der Waals surface area contributed by atoms with Crippen LogP contribution in [0.15, 0.2) is 30.3 Å². The molecule has 0 radical (unpaired) electrons. The summed E-state index contributed by atoms with van der Waals surface area (Å²) < 4.78 is 9.09. The fraction of sp³-hybridized carbons (Fsp3) is 0.581. The van der Waals surface area contributed by atoms with Gasteiger partial charge in [0.05, 0.1) is 0 Å². The van der Waals surface area contributed by atoms with Gasteiger partial charge in [0.25, 0.3) is 0 Å². The summed E-state index contributed by atoms with van der Waals surface area (Å²) in [6, 6.07) is 4.03. The van der Waals surface area contributed by atoms with Crippen LogP contribution in [0.4, 0.5) is 0 Å². The molecular weight excluding hydrogens is 696 g/mol. The SMILES string of the molecule is CC(C)C[C@H](N)C(=O)OC[C@H](N)C(=O)O.CSCC[C@H](N)C(=O)OC(=O)[C@H](C)N.N[C@@H](CCC(=O)O)C(=O)O.N[C@@H](Cc1ccccc1)C(=O)O. The lowest BCUT2D eigenvalue weighted by atomic mass is 10.1. The number of carbonyl (C=O) groups is 7. The first-order chi connectivity index (χ1) is 23.6. The van der Waals surface area contributed by atoms with E-state index in [1.54, 1.807) is 11.8 Å². The normalized spacial score (nSPS) is 13.7. The lowest BCUT2D eigenvalue weighted by Crippen LogP contribution is -2.40. The molecule has 0 fully saturated rings. The Balaban J connectivity index is -0.000000608. The average Bonchev–Trinajstić information content (AvgIpc) is 3.05. The Morgan fingerprint density at radius 3 is 1.59 bits per heavy atom. The van der Waals surface area contributed by atoms with E-state index in [0.29, 0.717) is 19.3 Å². The number of aliphatic carboxylic acids is 4. The number of benzene rings is 1. The molecule has 6 atom stereocenters. The Bertz CT molecular complexity index is 1210. The number of carbonyl (C=O) groups excluding carboxylic acids is 3. The third kappa shape index (κ3) is 30.4. The maximum atomic E-state index is 11.2. The van der Waals surface area contributed by atoms with Gasteiger partial charge in [-0.3, -0.25) is 24.0 Å². The average molecular weight is 751 g/mol. The van der Waals surface area contributed by atoms with Gasteiger partial charge in [-0.25, -0.2) is 9.59 Å². The van der Waals surface area contributed by atoms with Gasteiger partial charge in [-0.05, 0) is 56.1 Å². The Labute approximate surface area is 300 Å². The Morgan fingerprint density at radius 1 is 0.667 bits per heavy atom. The van der Waals surface area contributed by atoms with Crippen LogP contribution >= 0.6 is 11.8 Å². The van der Waals surface area contributed by atoms with E-state index in [1.165, 1.54) is 6.92 Å². The van der Waals surface area contributed by atoms with Gasteiger partial charge < -0.3 is 64.3 Å². The zero-order valence-corrected chi connectivity index (χ0v) is 30.0. The van der Waals surface area contributed by atoms with Gasteiger partial charge in [0.2, 0.25) is 0 Å². The molecule has 292 valence electrons. The van der Waals surface area contributed by atoms with E-state index in [0.717, 1.165) is 11.3 Å². The molecule has 19 nitrogen and oxygen atoms in total. The smallest absolute Gasteiger partial charge is 0.330 e. The lowest BCUT2D eigenvalue weighted by molar-refractivity contribution is -0.161. The molecule has 20 heteroatoms. The maximum absolute atomic E-state index is 11.2. The van der Waals surface area contributed by atoms with Crippen LogP contribution in [-0.4, -0.2) is 117 Å². The van der Waals surface area contributed by atoms with Crippen LogP contribution in [-0.2, 0) is 49.5 Å². The van der Waals surface area contributed by atoms with E-state index in [2.05, 4.69) is 9.47 Å². The van der Waals surface area contributed by atoms with Crippen LogP contribution < -0.4 is 34.4 Å². The summed E-state index contributed by atoms with van der Waals surface area (Å²) in [5.41, 5.74) is 32.7. The number of rotatable bonds is 18. The van der Waals surface area contributed by atoms with Crippen LogP contribution in [0.3, 0.4) is 0 Å². The Kier molecular flexibility index (Phi) is 29.7. The number of hydrogen-bond acceptors (Lipinski definition) is 16. The number of carboxylic acids is 4. The molecule has 16 N–H and O–H groups in total. The van der Waals surface area contributed by atoms with E-state index < -0.39 is 78.0 Å². The monoisotopic (exact) mass is 750 g/mol. The first-order valence-electron chi connectivity index (χ1n) is 15.5. The third-order valence-corrected chi connectivity index (χ3v) is 6.51. The minimum Gasteiger partial charge on any atom is -0.481 e. The molecule has 0 unspecified atom stereocenters. The van der Waals surface area contributed by atoms with Gasteiger partial charge in [0, 0.05) is 6.42 Å². The predicted octanol–water partition coefficient (Wildman–Crippen LogP) is -1.30. The lowest BCUT2D eigenvalue weighted by Gasteiger charge is -2.14. The van der Waals surface area contributed by atoms with Gasteiger partial charge in [-0.1, -0.05) is 44.2 Å². The highest BCUT2D eigenvalue weighted by atomic mass is 32.2. The molecule has 0 aliphatic carbocycles. The van der Waals surface area contributed by atoms with E-state index in [4.69, 9.17) is 54.8 Å². The van der Waals surface area contributed by atoms with Crippen molar-refractivity contribution in [2.24, 2.45) is 40.3 Å². The molecule has 0 aromatic heterocycles. The summed E-state index contributed by atoms with van der Waals surface area (Å²) in [6.45, 7) is 4.95. The van der Waals surface area contributed by atoms with Crippen LogP contribution in [0.1, 0.15) is 52.0 Å². The second-order valence-electron chi connectivity index (χ2n) is 11.2. The number of carboxylic acid groups (broad SMARTS) is 4. The molecule has 0 aliphatic heterocycles. The highest BCUT2D eigenvalue weighted by Gasteiger charge is 2.21. The second kappa shape index (κ2) is 29.5. The molecule has 0 bridgehead atoms. The first kappa shape index (κ1) is 51.2. The first-order valence-corrected chi connectivity index (χ1v) is 16.8. The molecule has 0 spiro atoms. The van der Waals surface area contributed by atoms with E-state index in [9.17, 15) is 33.6 Å². The summed E-state index contributed by atoms with van der Waals surface area (Å²) >= 11 is 1.58. The van der Waals surface area contributed by atoms with Crippen molar-refractivity contribution in [2.75, 3.05) is 18.6 Å². The summed E-state index contributed by atoms with van der Waals surface area (Å²) in [4.78, 5) is 73.8. The molecule has 0 amide bonds. The molecule has 1 aromatic rings. The van der Waals surface area contributed by atoms with Gasteiger partial charge in [-0.2, -0.15) is 11.8 Å². The van der Waals surface area contributed by atoms with Crippen molar-refractivity contribution < 1.29 is 63.5 Å². The molecule has 0 heterocycles. The van der Waals surface area contributed by atoms with Crippen molar-refractivity contribution in [1.82, 2.24) is 0 Å². The van der Waals surface area contributed by atoms with Gasteiger partial charge in [0.1, 0.15) is 42.9 Å². The van der Waals surface area contributed by atoms with Gasteiger partial charge in [0.15, 0.2) is 0 Å². The largest absolute Gasteiger partial charge is 0.481 e. The molecule has 1 aromatic carbocycles. The molecule has 51 heavy (non-hydrogen) atoms. The van der Waals surface area contributed by atoms with E-state index in [1.807, 2.05) is 50.4 Å². The Morgan fingerprint density at radius 2 is 1.18 bits per heavy atom. The van der Waals surface area contributed by atoms with Gasteiger partial charge in [-0.15, -0.1) is 0 Å². The van der Waals surface area contributed by atoms with E-state index in [-0.39, 0.29) is 25.4 Å². The maximum Gasteiger partial charge on any atom is 0.330 e. The fourth-order valence-corrected chi connectivity index (χ4v) is 3.43. The topological polar surface area (TPSA) is 375 Å². The van der Waals surface area contributed by atoms with E-state index >= 15 is 0 Å². The number of nitrogens with two attached hydrogens (primary N) is 6. The minimum absolute atomic E-state index is 0.0231. The molecule has 0 saturated carbocycles. The quantitative estimate of drug-likeness (QED) is 0.0615. The molecular formula is C31H54N6O13S. The summed E-state index contributed by atoms with van der Waals surface area (Å²) in [6.07, 6.45) is 3.06. The van der Waals surface area contributed by atoms with Gasteiger partial charge >= 0.3 is 41.8 Å². The van der Waals surface area contributed by atoms with Crippen molar-refractivity contribution in [3.8, 4) is 0 Å². The minimum atomic E-state index is -1.21. The highest BCUT2D eigenvalue weighted by Crippen LogP contribution is 2.04. The third-order valence-electron chi connectivity index (χ3n) is 5.86. The summed E-state index contributed by atoms with van der Waals surface area (Å²) in [5.74, 6) is -5.39. The highest BCUT2D eigenvalue weighted by molar-refractivity contribution is 7.98. The summed E-state index contributed by atoms with van der Waals surface area (Å²) in [7, 11) is 0. The fourth-order valence-electron chi connectivity index (χ4n) is 2.94. The van der Waals surface area contributed by atoms with Crippen molar-refractivity contribution in [2.45, 2.75) is 89.1 Å². The van der Waals surface area contributed by atoms with Crippen LogP contribution in [0.25, 0.3) is 0 Å².